The van der Waals surface area contributed by atoms with Gasteiger partial charge in [0, 0.05) is 38.8 Å². The van der Waals surface area contributed by atoms with Gasteiger partial charge in [-0.05, 0) is 32.9 Å². The van der Waals surface area contributed by atoms with Crippen LogP contribution in [0.25, 0.3) is 0 Å². The molecule has 3 heteroatoms. The SMILES string of the molecule is C=C(CC1CCCCN1C)CN1CCNCC1. The van der Waals surface area contributed by atoms with Crippen LogP contribution >= 0.6 is 0 Å². The molecule has 0 aromatic carbocycles. The average molecular weight is 237 g/mol. The van der Waals surface area contributed by atoms with E-state index in [-0.39, 0.29) is 0 Å². The highest BCUT2D eigenvalue weighted by Crippen LogP contribution is 2.21. The van der Waals surface area contributed by atoms with Crippen molar-refractivity contribution in [2.75, 3.05) is 46.3 Å². The molecule has 1 N–H and O–H groups in total. The van der Waals surface area contributed by atoms with Gasteiger partial charge in [0.05, 0.1) is 0 Å². The molecule has 2 rings (SSSR count). The molecular weight excluding hydrogens is 210 g/mol. The molecule has 0 aromatic rings. The normalized spacial score (nSPS) is 28.2. The maximum absolute atomic E-state index is 4.29. The van der Waals surface area contributed by atoms with Crippen molar-refractivity contribution in [3.63, 3.8) is 0 Å². The average Bonchev–Trinajstić information content (AvgIpc) is 2.33. The summed E-state index contributed by atoms with van der Waals surface area (Å²) in [5.74, 6) is 0. The van der Waals surface area contributed by atoms with Crippen LogP contribution in [-0.4, -0.2) is 62.2 Å². The van der Waals surface area contributed by atoms with Gasteiger partial charge in [-0.3, -0.25) is 4.90 Å². The lowest BCUT2D eigenvalue weighted by Crippen LogP contribution is -2.44. The molecule has 0 aromatic heterocycles. The van der Waals surface area contributed by atoms with Crippen molar-refractivity contribution >= 4 is 0 Å². The van der Waals surface area contributed by atoms with E-state index >= 15 is 0 Å². The Balaban J connectivity index is 1.72. The van der Waals surface area contributed by atoms with E-state index in [0.29, 0.717) is 0 Å². The molecular formula is C14H27N3. The summed E-state index contributed by atoms with van der Waals surface area (Å²) in [6.45, 7) is 11.3. The molecule has 98 valence electrons. The number of likely N-dealkylation sites (tertiary alicyclic amines) is 1. The first kappa shape index (κ1) is 13.1. The van der Waals surface area contributed by atoms with Crippen molar-refractivity contribution in [3.8, 4) is 0 Å². The van der Waals surface area contributed by atoms with Gasteiger partial charge in [-0.15, -0.1) is 0 Å². The molecule has 2 aliphatic rings. The molecule has 0 spiro atoms. The zero-order chi connectivity index (χ0) is 12.1. The van der Waals surface area contributed by atoms with Gasteiger partial charge in [-0.1, -0.05) is 18.6 Å². The van der Waals surface area contributed by atoms with E-state index in [9.17, 15) is 0 Å². The van der Waals surface area contributed by atoms with Crippen molar-refractivity contribution in [3.05, 3.63) is 12.2 Å². The number of nitrogens with zero attached hydrogens (tertiary/aromatic N) is 2. The highest BCUT2D eigenvalue weighted by Gasteiger charge is 2.20. The molecule has 0 aliphatic carbocycles. The lowest BCUT2D eigenvalue weighted by molar-refractivity contribution is 0.179. The quantitative estimate of drug-likeness (QED) is 0.744. The minimum absolute atomic E-state index is 0.749. The van der Waals surface area contributed by atoms with E-state index in [2.05, 4.69) is 28.7 Å². The summed E-state index contributed by atoms with van der Waals surface area (Å²) in [6, 6.07) is 0.749. The fourth-order valence-corrected chi connectivity index (χ4v) is 2.99. The van der Waals surface area contributed by atoms with Gasteiger partial charge in [0.1, 0.15) is 0 Å². The largest absolute Gasteiger partial charge is 0.314 e. The van der Waals surface area contributed by atoms with Crippen LogP contribution in [-0.2, 0) is 0 Å². The van der Waals surface area contributed by atoms with Crippen LogP contribution in [0.4, 0.5) is 0 Å². The van der Waals surface area contributed by atoms with Gasteiger partial charge in [-0.2, -0.15) is 0 Å². The van der Waals surface area contributed by atoms with Crippen LogP contribution in [0.5, 0.6) is 0 Å². The predicted molar refractivity (Wildman–Crippen MR) is 73.3 cm³/mol. The van der Waals surface area contributed by atoms with Gasteiger partial charge in [0.25, 0.3) is 0 Å². The molecule has 2 fully saturated rings. The highest BCUT2D eigenvalue weighted by atomic mass is 15.2. The van der Waals surface area contributed by atoms with Crippen molar-refractivity contribution in [1.29, 1.82) is 0 Å². The van der Waals surface area contributed by atoms with Crippen LogP contribution in [0.1, 0.15) is 25.7 Å². The minimum atomic E-state index is 0.749. The number of hydrogen-bond donors (Lipinski definition) is 1. The van der Waals surface area contributed by atoms with Crippen LogP contribution in [0.15, 0.2) is 12.2 Å². The molecule has 1 atom stereocenters. The molecule has 1 unspecified atom stereocenters. The lowest BCUT2D eigenvalue weighted by Gasteiger charge is -2.34. The van der Waals surface area contributed by atoms with Crippen LogP contribution < -0.4 is 5.32 Å². The van der Waals surface area contributed by atoms with Crippen LogP contribution in [0, 0.1) is 0 Å². The third-order valence-corrected chi connectivity index (χ3v) is 4.10. The topological polar surface area (TPSA) is 18.5 Å². The molecule has 0 saturated carbocycles. The number of rotatable bonds is 4. The maximum atomic E-state index is 4.29. The summed E-state index contributed by atoms with van der Waals surface area (Å²) in [7, 11) is 2.27. The number of hydrogen-bond acceptors (Lipinski definition) is 3. The van der Waals surface area contributed by atoms with E-state index in [1.807, 2.05) is 0 Å². The summed E-state index contributed by atoms with van der Waals surface area (Å²) < 4.78 is 0. The number of piperidine rings is 1. The molecule has 2 saturated heterocycles. The second kappa shape index (κ2) is 6.53. The number of nitrogens with one attached hydrogen (secondary N) is 1. The van der Waals surface area contributed by atoms with Crippen molar-refractivity contribution in [2.24, 2.45) is 0 Å². The monoisotopic (exact) mass is 237 g/mol. The smallest absolute Gasteiger partial charge is 0.0191 e. The van der Waals surface area contributed by atoms with Gasteiger partial charge >= 0.3 is 0 Å². The van der Waals surface area contributed by atoms with Gasteiger partial charge in [0.2, 0.25) is 0 Å². The second-order valence-electron chi connectivity index (χ2n) is 5.61. The van der Waals surface area contributed by atoms with E-state index in [1.165, 1.54) is 50.9 Å². The molecule has 0 radical (unpaired) electrons. The zero-order valence-electron chi connectivity index (χ0n) is 11.2. The Labute approximate surface area is 106 Å². The van der Waals surface area contributed by atoms with Gasteiger partial charge in [0.15, 0.2) is 0 Å². The standard InChI is InChI=1S/C14H27N3/c1-13(12-17-9-6-15-7-10-17)11-14-5-3-4-8-16(14)2/h14-15H,1,3-12H2,2H3. The van der Waals surface area contributed by atoms with E-state index in [1.54, 1.807) is 0 Å². The summed E-state index contributed by atoms with van der Waals surface area (Å²) >= 11 is 0. The van der Waals surface area contributed by atoms with Crippen molar-refractivity contribution < 1.29 is 0 Å². The number of piperazine rings is 1. The molecule has 2 aliphatic heterocycles. The zero-order valence-corrected chi connectivity index (χ0v) is 11.2. The van der Waals surface area contributed by atoms with E-state index in [4.69, 9.17) is 0 Å². The minimum Gasteiger partial charge on any atom is -0.314 e. The Morgan fingerprint density at radius 2 is 2.00 bits per heavy atom. The molecule has 2 heterocycles. The van der Waals surface area contributed by atoms with Gasteiger partial charge in [-0.25, -0.2) is 0 Å². The summed E-state index contributed by atoms with van der Waals surface area (Å²) in [5, 5.41) is 3.40. The highest BCUT2D eigenvalue weighted by molar-refractivity contribution is 5.01. The van der Waals surface area contributed by atoms with E-state index < -0.39 is 0 Å². The van der Waals surface area contributed by atoms with Crippen LogP contribution in [0.3, 0.4) is 0 Å². The van der Waals surface area contributed by atoms with Crippen molar-refractivity contribution in [1.82, 2.24) is 15.1 Å². The third kappa shape index (κ3) is 4.09. The van der Waals surface area contributed by atoms with Gasteiger partial charge < -0.3 is 10.2 Å². The van der Waals surface area contributed by atoms with E-state index in [0.717, 1.165) is 25.7 Å². The lowest BCUT2D eigenvalue weighted by atomic mass is 9.96. The first-order valence-corrected chi connectivity index (χ1v) is 7.05. The molecule has 3 nitrogen and oxygen atoms in total. The Morgan fingerprint density at radius 3 is 2.71 bits per heavy atom. The molecule has 0 amide bonds. The predicted octanol–water partition coefficient (Wildman–Crippen LogP) is 1.32. The Bertz CT molecular complexity index is 246. The fraction of sp³-hybridized carbons (Fsp3) is 0.857. The molecule has 0 bridgehead atoms. The first-order chi connectivity index (χ1) is 8.25. The Morgan fingerprint density at radius 1 is 1.24 bits per heavy atom. The van der Waals surface area contributed by atoms with Crippen molar-refractivity contribution in [2.45, 2.75) is 31.7 Å². The summed E-state index contributed by atoms with van der Waals surface area (Å²) in [6.07, 6.45) is 5.32. The fourth-order valence-electron chi connectivity index (χ4n) is 2.99. The Kier molecular flexibility index (Phi) is 5.01. The Hall–Kier alpha value is -0.380. The molecule has 17 heavy (non-hydrogen) atoms. The summed E-state index contributed by atoms with van der Waals surface area (Å²) in [5.41, 5.74) is 1.42. The summed E-state index contributed by atoms with van der Waals surface area (Å²) in [4.78, 5) is 5.05. The first-order valence-electron chi connectivity index (χ1n) is 7.05. The van der Waals surface area contributed by atoms with Crippen LogP contribution in [0.2, 0.25) is 0 Å². The third-order valence-electron chi connectivity index (χ3n) is 4.10. The second-order valence-corrected chi connectivity index (χ2v) is 5.61. The maximum Gasteiger partial charge on any atom is 0.0191 e.